The minimum Gasteiger partial charge on any atom is -0.302 e. The second-order valence-electron chi connectivity index (χ2n) is 6.94. The highest BCUT2D eigenvalue weighted by molar-refractivity contribution is 5.15. The molecule has 0 N–H and O–H groups in total. The highest BCUT2D eigenvalue weighted by Crippen LogP contribution is 2.67. The Morgan fingerprint density at radius 3 is 2.50 bits per heavy atom. The molecule has 3 rings (SSSR count). The lowest BCUT2D eigenvalue weighted by Gasteiger charge is -2.31. The number of piperidine rings is 1. The van der Waals surface area contributed by atoms with Gasteiger partial charge in [-0.3, -0.25) is 0 Å². The minimum absolute atomic E-state index is 0.538. The summed E-state index contributed by atoms with van der Waals surface area (Å²) < 4.78 is 0. The Bertz CT molecular complexity index is 248. The van der Waals surface area contributed by atoms with Gasteiger partial charge in [-0.25, -0.2) is 0 Å². The monoisotopic (exact) mass is 193 g/mol. The molecule has 0 aromatic rings. The Kier molecular flexibility index (Phi) is 1.68. The maximum Gasteiger partial charge on any atom is 0.00465 e. The Labute approximate surface area is 87.9 Å². The van der Waals surface area contributed by atoms with Crippen LogP contribution in [0.1, 0.15) is 40.0 Å². The summed E-state index contributed by atoms with van der Waals surface area (Å²) in [5, 5.41) is 0. The average molecular weight is 193 g/mol. The number of hydrogen-bond acceptors (Lipinski definition) is 1. The van der Waals surface area contributed by atoms with E-state index in [9.17, 15) is 0 Å². The van der Waals surface area contributed by atoms with Crippen molar-refractivity contribution in [2.45, 2.75) is 40.0 Å². The van der Waals surface area contributed by atoms with E-state index >= 15 is 0 Å². The number of nitrogens with zero attached hydrogens (tertiary/aromatic N) is 1. The molecular formula is C13H23N. The molecule has 2 unspecified atom stereocenters. The Balaban J connectivity index is 1.65. The van der Waals surface area contributed by atoms with Gasteiger partial charge in [0.05, 0.1) is 0 Å². The average Bonchev–Trinajstić information content (AvgIpc) is 2.92. The molecular weight excluding hydrogens is 170 g/mol. The van der Waals surface area contributed by atoms with Crippen LogP contribution in [-0.2, 0) is 0 Å². The van der Waals surface area contributed by atoms with Gasteiger partial charge in [-0.2, -0.15) is 0 Å². The summed E-state index contributed by atoms with van der Waals surface area (Å²) in [6.45, 7) is 11.5. The topological polar surface area (TPSA) is 3.24 Å². The van der Waals surface area contributed by atoms with Crippen molar-refractivity contribution in [2.24, 2.45) is 22.7 Å². The highest BCUT2D eigenvalue weighted by Gasteiger charge is 2.65. The summed E-state index contributed by atoms with van der Waals surface area (Å²) in [4.78, 5) is 2.75. The van der Waals surface area contributed by atoms with Gasteiger partial charge in [-0.05, 0) is 41.9 Å². The molecule has 3 fully saturated rings. The lowest BCUT2D eigenvalue weighted by Crippen LogP contribution is -2.32. The van der Waals surface area contributed by atoms with Gasteiger partial charge in [-0.1, -0.05) is 20.8 Å². The molecule has 3 aliphatic rings. The van der Waals surface area contributed by atoms with Crippen LogP contribution in [0.4, 0.5) is 0 Å². The standard InChI is InChI=1S/C13H23N/c1-12(2,3)13-6-11(13)8-14(9-13)7-10-4-5-10/h10-11H,4-9H2,1-3H3. The van der Waals surface area contributed by atoms with E-state index in [0.29, 0.717) is 10.8 Å². The molecule has 0 spiro atoms. The first-order valence-electron chi connectivity index (χ1n) is 6.24. The van der Waals surface area contributed by atoms with Crippen molar-refractivity contribution in [3.8, 4) is 0 Å². The van der Waals surface area contributed by atoms with Gasteiger partial charge < -0.3 is 4.90 Å². The summed E-state index contributed by atoms with van der Waals surface area (Å²) >= 11 is 0. The van der Waals surface area contributed by atoms with Crippen LogP contribution in [0.25, 0.3) is 0 Å². The molecule has 80 valence electrons. The van der Waals surface area contributed by atoms with Crippen molar-refractivity contribution < 1.29 is 0 Å². The van der Waals surface area contributed by atoms with E-state index in [1.807, 2.05) is 0 Å². The normalized spacial score (nSPS) is 42.6. The van der Waals surface area contributed by atoms with Gasteiger partial charge in [0.15, 0.2) is 0 Å². The van der Waals surface area contributed by atoms with E-state index in [-0.39, 0.29) is 0 Å². The molecule has 0 amide bonds. The summed E-state index contributed by atoms with van der Waals surface area (Å²) in [7, 11) is 0. The summed E-state index contributed by atoms with van der Waals surface area (Å²) in [5.74, 6) is 2.12. The van der Waals surface area contributed by atoms with Crippen molar-refractivity contribution in [1.29, 1.82) is 0 Å². The van der Waals surface area contributed by atoms with E-state index in [1.54, 1.807) is 0 Å². The molecule has 1 heteroatoms. The second kappa shape index (κ2) is 2.55. The Morgan fingerprint density at radius 1 is 1.29 bits per heavy atom. The molecule has 2 saturated carbocycles. The fourth-order valence-corrected chi connectivity index (χ4v) is 3.55. The summed E-state index contributed by atoms with van der Waals surface area (Å²) in [6.07, 6.45) is 4.52. The predicted octanol–water partition coefficient (Wildman–Crippen LogP) is 2.76. The van der Waals surface area contributed by atoms with Crippen molar-refractivity contribution in [3.63, 3.8) is 0 Å². The number of rotatable bonds is 2. The van der Waals surface area contributed by atoms with Crippen molar-refractivity contribution in [1.82, 2.24) is 4.90 Å². The van der Waals surface area contributed by atoms with E-state index in [4.69, 9.17) is 0 Å². The third-order valence-electron chi connectivity index (χ3n) is 4.92. The van der Waals surface area contributed by atoms with Crippen molar-refractivity contribution in [3.05, 3.63) is 0 Å². The second-order valence-corrected chi connectivity index (χ2v) is 6.94. The van der Waals surface area contributed by atoms with E-state index in [2.05, 4.69) is 25.7 Å². The zero-order valence-electron chi connectivity index (χ0n) is 9.84. The molecule has 2 atom stereocenters. The largest absolute Gasteiger partial charge is 0.302 e. The van der Waals surface area contributed by atoms with Gasteiger partial charge in [-0.15, -0.1) is 0 Å². The van der Waals surface area contributed by atoms with Crippen LogP contribution in [0.5, 0.6) is 0 Å². The highest BCUT2D eigenvalue weighted by atomic mass is 15.2. The lowest BCUT2D eigenvalue weighted by atomic mass is 9.77. The lowest BCUT2D eigenvalue weighted by molar-refractivity contribution is 0.173. The molecule has 1 nitrogen and oxygen atoms in total. The first-order chi connectivity index (χ1) is 6.51. The fraction of sp³-hybridized carbons (Fsp3) is 1.00. The van der Waals surface area contributed by atoms with Gasteiger partial charge in [0.1, 0.15) is 0 Å². The van der Waals surface area contributed by atoms with E-state index in [1.165, 1.54) is 38.9 Å². The molecule has 0 aromatic heterocycles. The Hall–Kier alpha value is -0.0400. The maximum absolute atomic E-state index is 2.75. The first kappa shape index (κ1) is 9.21. The van der Waals surface area contributed by atoms with Crippen LogP contribution < -0.4 is 0 Å². The van der Waals surface area contributed by atoms with Gasteiger partial charge in [0, 0.05) is 19.6 Å². The SMILES string of the molecule is CC(C)(C)C12CC1CN(CC1CC1)C2. The zero-order valence-corrected chi connectivity index (χ0v) is 9.84. The molecule has 1 heterocycles. The van der Waals surface area contributed by atoms with Crippen LogP contribution in [0.2, 0.25) is 0 Å². The Morgan fingerprint density at radius 2 is 2.00 bits per heavy atom. The van der Waals surface area contributed by atoms with Crippen LogP contribution in [0, 0.1) is 22.7 Å². The number of hydrogen-bond donors (Lipinski definition) is 0. The molecule has 0 radical (unpaired) electrons. The summed E-state index contributed by atoms with van der Waals surface area (Å²) in [6, 6.07) is 0. The minimum atomic E-state index is 0.538. The van der Waals surface area contributed by atoms with Crippen molar-refractivity contribution >= 4 is 0 Å². The van der Waals surface area contributed by atoms with Gasteiger partial charge in [0.2, 0.25) is 0 Å². The quantitative estimate of drug-likeness (QED) is 0.652. The predicted molar refractivity (Wildman–Crippen MR) is 59.2 cm³/mol. The molecule has 2 aliphatic carbocycles. The zero-order chi connectivity index (χ0) is 9.97. The maximum atomic E-state index is 2.75. The smallest absolute Gasteiger partial charge is 0.00465 e. The van der Waals surface area contributed by atoms with E-state index < -0.39 is 0 Å². The third kappa shape index (κ3) is 1.25. The van der Waals surface area contributed by atoms with Crippen LogP contribution in [-0.4, -0.2) is 24.5 Å². The molecule has 1 saturated heterocycles. The number of fused-ring (bicyclic) bond motifs is 1. The van der Waals surface area contributed by atoms with Gasteiger partial charge in [0.25, 0.3) is 0 Å². The first-order valence-corrected chi connectivity index (χ1v) is 6.24. The van der Waals surface area contributed by atoms with Crippen LogP contribution in [0.3, 0.4) is 0 Å². The molecule has 14 heavy (non-hydrogen) atoms. The van der Waals surface area contributed by atoms with Crippen LogP contribution in [0.15, 0.2) is 0 Å². The van der Waals surface area contributed by atoms with E-state index in [0.717, 1.165) is 11.8 Å². The van der Waals surface area contributed by atoms with Crippen molar-refractivity contribution in [2.75, 3.05) is 19.6 Å². The van der Waals surface area contributed by atoms with Gasteiger partial charge >= 0.3 is 0 Å². The van der Waals surface area contributed by atoms with Crippen LogP contribution >= 0.6 is 0 Å². The third-order valence-corrected chi connectivity index (χ3v) is 4.92. The fourth-order valence-electron chi connectivity index (χ4n) is 3.55. The molecule has 1 aliphatic heterocycles. The molecule has 0 bridgehead atoms. The molecule has 0 aromatic carbocycles. The summed E-state index contributed by atoms with van der Waals surface area (Å²) in [5.41, 5.74) is 1.25. The number of likely N-dealkylation sites (tertiary alicyclic amines) is 1.